The molecule has 2 aromatic rings. The van der Waals surface area contributed by atoms with Gasteiger partial charge in [-0.1, -0.05) is 72.2 Å². The lowest BCUT2D eigenvalue weighted by atomic mass is 10.1. The molecule has 0 spiro atoms. The van der Waals surface area contributed by atoms with Crippen molar-refractivity contribution in [3.63, 3.8) is 0 Å². The van der Waals surface area contributed by atoms with Crippen molar-refractivity contribution in [1.29, 1.82) is 0 Å². The van der Waals surface area contributed by atoms with Crippen LogP contribution in [0.15, 0.2) is 48.5 Å². The molecule has 206 valence electrons. The quantitative estimate of drug-likeness (QED) is 0.161. The van der Waals surface area contributed by atoms with Gasteiger partial charge in [-0.25, -0.2) is 9.59 Å². The van der Waals surface area contributed by atoms with Crippen LogP contribution in [0.4, 0.5) is 0 Å². The first-order valence-electron chi connectivity index (χ1n) is 11.9. The fraction of sp³-hybridized carbons (Fsp3) is 0.429. The number of ether oxygens (including phenoxy) is 2. The van der Waals surface area contributed by atoms with Crippen molar-refractivity contribution in [3.8, 4) is 0 Å². The molecule has 38 heavy (non-hydrogen) atoms. The summed E-state index contributed by atoms with van der Waals surface area (Å²) in [6, 6.07) is 14.9. The van der Waals surface area contributed by atoms with E-state index < -0.39 is 11.2 Å². The van der Waals surface area contributed by atoms with Crippen molar-refractivity contribution >= 4 is 90.5 Å². The summed E-state index contributed by atoms with van der Waals surface area (Å²) >= 11 is 17.6. The second-order valence-electron chi connectivity index (χ2n) is 10.3. The van der Waals surface area contributed by atoms with E-state index in [4.69, 9.17) is 33.9 Å². The van der Waals surface area contributed by atoms with Crippen molar-refractivity contribution < 1.29 is 19.1 Å². The number of thioether (sulfide) groups is 4. The van der Waals surface area contributed by atoms with E-state index in [2.05, 4.69) is 6.92 Å². The smallest absolute Gasteiger partial charge is 0.338 e. The Morgan fingerprint density at radius 3 is 1.29 bits per heavy atom. The largest absolute Gasteiger partial charge is 0.456 e. The lowest BCUT2D eigenvalue weighted by Gasteiger charge is -2.19. The van der Waals surface area contributed by atoms with Crippen molar-refractivity contribution in [3.05, 3.63) is 70.8 Å². The number of esters is 2. The van der Waals surface area contributed by atoms with Gasteiger partial charge in [0.1, 0.15) is 18.3 Å². The minimum Gasteiger partial charge on any atom is -0.456 e. The molecule has 2 rings (SSSR count). The first-order valence-corrected chi connectivity index (χ1v) is 16.5. The third-order valence-corrected chi connectivity index (χ3v) is 10.0. The molecule has 0 atom stereocenters. The Morgan fingerprint density at radius 2 is 1.00 bits per heavy atom. The van der Waals surface area contributed by atoms with Crippen LogP contribution in [0.3, 0.4) is 0 Å². The fourth-order valence-corrected chi connectivity index (χ4v) is 8.78. The van der Waals surface area contributed by atoms with E-state index in [1.807, 2.05) is 65.8 Å². The minimum absolute atomic E-state index is 0.194. The number of carbonyl (C=O) groups excluding carboxylic acids is 2. The predicted molar refractivity (Wildman–Crippen MR) is 176 cm³/mol. The molecule has 2 aromatic carbocycles. The van der Waals surface area contributed by atoms with Crippen LogP contribution in [-0.2, 0) is 21.0 Å². The normalized spacial score (nSPS) is 11.8. The average Bonchev–Trinajstić information content (AvgIpc) is 2.79. The maximum atomic E-state index is 12.2. The van der Waals surface area contributed by atoms with Gasteiger partial charge in [-0.2, -0.15) is 0 Å². The molecule has 0 aromatic heterocycles. The average molecular weight is 627 g/mol. The second kappa shape index (κ2) is 15.1. The summed E-state index contributed by atoms with van der Waals surface area (Å²) in [7, 11) is 0. The Hall–Kier alpha value is -1.04. The van der Waals surface area contributed by atoms with Crippen molar-refractivity contribution in [2.45, 2.75) is 75.8 Å². The maximum absolute atomic E-state index is 12.2. The summed E-state index contributed by atoms with van der Waals surface area (Å²) in [6.07, 6.45) is 0. The molecule has 0 aliphatic carbocycles. The molecular weight excluding hydrogens is 593 g/mol. The molecule has 0 heterocycles. The molecule has 0 aliphatic heterocycles. The Kier molecular flexibility index (Phi) is 13.2. The molecule has 0 aliphatic rings. The zero-order valence-corrected chi connectivity index (χ0v) is 27.6. The topological polar surface area (TPSA) is 52.6 Å². The van der Waals surface area contributed by atoms with Gasteiger partial charge in [0.15, 0.2) is 0 Å². The highest BCUT2D eigenvalue weighted by molar-refractivity contribution is 8.54. The number of hydrogen-bond donors (Lipinski definition) is 0. The molecule has 0 unspecified atom stereocenters. The Morgan fingerprint density at radius 1 is 0.684 bits per heavy atom. The Balaban J connectivity index is 1.72. The minimum atomic E-state index is -0.515. The Bertz CT molecular complexity index is 1030. The number of carbonyl (C=O) groups is 2. The summed E-state index contributed by atoms with van der Waals surface area (Å²) in [5.74, 6) is 0.827. The van der Waals surface area contributed by atoms with E-state index in [1.165, 1.54) is 0 Å². The number of benzene rings is 2. The highest BCUT2D eigenvalue weighted by Gasteiger charge is 2.19. The SMILES string of the molecule is CC(SC(=S)SCc1ccc(C(=O)OC(C)(C)C)cc1)SC(=S)SCc1ccc(C(=O)OC(C)(C)C)cc1. The Labute approximate surface area is 254 Å². The molecule has 0 bridgehead atoms. The van der Waals surface area contributed by atoms with E-state index in [9.17, 15) is 9.59 Å². The van der Waals surface area contributed by atoms with Crippen LogP contribution < -0.4 is 0 Å². The standard InChI is InChI=1S/C28H34O4S6/c1-18(37-25(33)35-16-19-8-12-21(13-9-19)23(29)31-27(2,3)4)38-26(34)36-17-20-10-14-22(15-11-20)24(30)32-28(5,6)7/h8-15,18H,16-17H2,1-7H3. The van der Waals surface area contributed by atoms with E-state index in [0.717, 1.165) is 29.7 Å². The fourth-order valence-electron chi connectivity index (χ4n) is 2.80. The molecule has 0 saturated heterocycles. The number of thiocarbonyl (C=S) groups is 2. The van der Waals surface area contributed by atoms with E-state index in [-0.39, 0.29) is 16.5 Å². The van der Waals surface area contributed by atoms with Gasteiger partial charge in [0.05, 0.1) is 15.7 Å². The molecular formula is C28H34O4S6. The molecule has 0 fully saturated rings. The van der Waals surface area contributed by atoms with Crippen LogP contribution in [0.25, 0.3) is 0 Å². The summed E-state index contributed by atoms with van der Waals surface area (Å²) < 4.78 is 12.7. The highest BCUT2D eigenvalue weighted by atomic mass is 32.3. The molecule has 0 N–H and O–H groups in total. The molecule has 0 radical (unpaired) electrons. The van der Waals surface area contributed by atoms with Gasteiger partial charge in [-0.3, -0.25) is 0 Å². The summed E-state index contributed by atoms with van der Waals surface area (Å²) in [6.45, 7) is 13.2. The van der Waals surface area contributed by atoms with Crippen LogP contribution in [0.5, 0.6) is 0 Å². The monoisotopic (exact) mass is 626 g/mol. The summed E-state index contributed by atoms with van der Waals surface area (Å²) in [4.78, 5) is 24.3. The van der Waals surface area contributed by atoms with E-state index in [1.54, 1.807) is 71.3 Å². The second-order valence-corrected chi connectivity index (χ2v) is 17.6. The van der Waals surface area contributed by atoms with Gasteiger partial charge in [0, 0.05) is 11.5 Å². The third-order valence-electron chi connectivity index (χ3n) is 4.41. The maximum Gasteiger partial charge on any atom is 0.338 e. The lowest BCUT2D eigenvalue weighted by Crippen LogP contribution is -2.23. The summed E-state index contributed by atoms with van der Waals surface area (Å²) in [5.41, 5.74) is 2.24. The van der Waals surface area contributed by atoms with Gasteiger partial charge < -0.3 is 9.47 Å². The van der Waals surface area contributed by atoms with E-state index in [0.29, 0.717) is 11.1 Å². The van der Waals surface area contributed by atoms with Crippen molar-refractivity contribution in [2.75, 3.05) is 0 Å². The number of rotatable bonds is 8. The van der Waals surface area contributed by atoms with Crippen LogP contribution in [0.2, 0.25) is 0 Å². The van der Waals surface area contributed by atoms with Crippen molar-refractivity contribution in [2.24, 2.45) is 0 Å². The van der Waals surface area contributed by atoms with Crippen LogP contribution in [0.1, 0.15) is 80.3 Å². The van der Waals surface area contributed by atoms with Gasteiger partial charge in [0.25, 0.3) is 0 Å². The molecule has 0 saturated carbocycles. The first-order chi connectivity index (χ1) is 17.6. The van der Waals surface area contributed by atoms with Gasteiger partial charge >= 0.3 is 11.9 Å². The molecule has 0 amide bonds. The van der Waals surface area contributed by atoms with Crippen LogP contribution in [0, 0.1) is 0 Å². The summed E-state index contributed by atoms with van der Waals surface area (Å²) in [5, 5.41) is 0. The van der Waals surface area contributed by atoms with Crippen LogP contribution in [-0.4, -0.2) is 34.8 Å². The van der Waals surface area contributed by atoms with E-state index >= 15 is 0 Å². The van der Waals surface area contributed by atoms with Crippen LogP contribution >= 0.6 is 71.5 Å². The van der Waals surface area contributed by atoms with Crippen molar-refractivity contribution in [1.82, 2.24) is 0 Å². The van der Waals surface area contributed by atoms with Gasteiger partial charge in [-0.15, -0.1) is 23.5 Å². The highest BCUT2D eigenvalue weighted by Crippen LogP contribution is 2.34. The molecule has 10 heteroatoms. The zero-order chi connectivity index (χ0) is 28.5. The first kappa shape index (κ1) is 33.2. The third kappa shape index (κ3) is 13.3. The molecule has 4 nitrogen and oxygen atoms in total. The van der Waals surface area contributed by atoms with Gasteiger partial charge in [-0.05, 0) is 83.9 Å². The predicted octanol–water partition coefficient (Wildman–Crippen LogP) is 9.15. The lowest BCUT2D eigenvalue weighted by molar-refractivity contribution is 0.00570. The zero-order valence-electron chi connectivity index (χ0n) is 22.7. The number of hydrogen-bond acceptors (Lipinski definition) is 10. The van der Waals surface area contributed by atoms with Gasteiger partial charge in [0.2, 0.25) is 0 Å².